The maximum Gasteiger partial charge on any atom is 0.226 e. The van der Waals surface area contributed by atoms with Crippen molar-refractivity contribution in [3.63, 3.8) is 0 Å². The van der Waals surface area contributed by atoms with E-state index in [0.717, 1.165) is 5.69 Å². The Bertz CT molecular complexity index is 737. The van der Waals surface area contributed by atoms with E-state index in [1.165, 1.54) is 7.11 Å². The Labute approximate surface area is 152 Å². The van der Waals surface area contributed by atoms with Crippen LogP contribution in [-0.4, -0.2) is 33.8 Å². The summed E-state index contributed by atoms with van der Waals surface area (Å²) in [6.45, 7) is 0.442. The Balaban J connectivity index is 1.92. The molecule has 1 amide bonds. The van der Waals surface area contributed by atoms with Gasteiger partial charge in [-0.2, -0.15) is 0 Å². The summed E-state index contributed by atoms with van der Waals surface area (Å²) in [6.07, 6.45) is 0.269. The SMILES string of the molecule is COc1ccc(NCCC(=O)Nc2cc(Cl)ccc2OC)c(OC)c1. The number of anilines is 2. The minimum Gasteiger partial charge on any atom is -0.497 e. The highest BCUT2D eigenvalue weighted by Crippen LogP contribution is 2.29. The molecule has 0 aliphatic heterocycles. The van der Waals surface area contributed by atoms with Gasteiger partial charge < -0.3 is 24.8 Å². The molecule has 7 heteroatoms. The molecule has 0 saturated carbocycles. The normalized spacial score (nSPS) is 10.1. The largest absolute Gasteiger partial charge is 0.497 e. The van der Waals surface area contributed by atoms with Gasteiger partial charge >= 0.3 is 0 Å². The number of benzene rings is 2. The topological polar surface area (TPSA) is 68.8 Å². The highest BCUT2D eigenvalue weighted by Gasteiger charge is 2.09. The maximum atomic E-state index is 12.1. The monoisotopic (exact) mass is 364 g/mol. The molecule has 0 radical (unpaired) electrons. The number of carbonyl (C=O) groups is 1. The molecule has 2 rings (SSSR count). The van der Waals surface area contributed by atoms with Gasteiger partial charge in [0.25, 0.3) is 0 Å². The summed E-state index contributed by atoms with van der Waals surface area (Å²) in [5.74, 6) is 1.76. The maximum absolute atomic E-state index is 12.1. The van der Waals surface area contributed by atoms with Gasteiger partial charge in [-0.05, 0) is 30.3 Å². The third kappa shape index (κ3) is 5.19. The third-order valence-electron chi connectivity index (χ3n) is 3.51. The first-order valence-electron chi connectivity index (χ1n) is 7.66. The van der Waals surface area contributed by atoms with E-state index in [1.54, 1.807) is 38.5 Å². The lowest BCUT2D eigenvalue weighted by Crippen LogP contribution is -2.17. The molecule has 2 aromatic rings. The number of hydrogen-bond acceptors (Lipinski definition) is 5. The van der Waals surface area contributed by atoms with Gasteiger partial charge in [-0.3, -0.25) is 4.79 Å². The highest BCUT2D eigenvalue weighted by atomic mass is 35.5. The quantitative estimate of drug-likeness (QED) is 0.745. The van der Waals surface area contributed by atoms with Crippen LogP contribution in [0.1, 0.15) is 6.42 Å². The van der Waals surface area contributed by atoms with Crippen LogP contribution < -0.4 is 24.8 Å². The van der Waals surface area contributed by atoms with Crippen molar-refractivity contribution in [1.82, 2.24) is 0 Å². The van der Waals surface area contributed by atoms with Crippen molar-refractivity contribution < 1.29 is 19.0 Å². The van der Waals surface area contributed by atoms with Crippen LogP contribution in [0.2, 0.25) is 5.02 Å². The molecular formula is C18H21ClN2O4. The van der Waals surface area contributed by atoms with Crippen molar-refractivity contribution in [1.29, 1.82) is 0 Å². The van der Waals surface area contributed by atoms with Gasteiger partial charge in [0.1, 0.15) is 17.2 Å². The van der Waals surface area contributed by atoms with Gasteiger partial charge in [-0.1, -0.05) is 11.6 Å². The fraction of sp³-hybridized carbons (Fsp3) is 0.278. The van der Waals surface area contributed by atoms with Crippen molar-refractivity contribution in [3.05, 3.63) is 41.4 Å². The van der Waals surface area contributed by atoms with Crippen molar-refractivity contribution in [2.45, 2.75) is 6.42 Å². The fourth-order valence-electron chi connectivity index (χ4n) is 2.25. The van der Waals surface area contributed by atoms with Crippen LogP contribution in [0.4, 0.5) is 11.4 Å². The van der Waals surface area contributed by atoms with E-state index in [9.17, 15) is 4.79 Å². The second kappa shape index (κ2) is 9.03. The van der Waals surface area contributed by atoms with Gasteiger partial charge in [-0.15, -0.1) is 0 Å². The second-order valence-corrected chi connectivity index (χ2v) is 5.57. The molecule has 0 aromatic heterocycles. The predicted molar refractivity (Wildman–Crippen MR) is 99.3 cm³/mol. The standard InChI is InChI=1S/C18H21ClN2O4/c1-23-13-5-6-14(17(11-13)25-3)20-9-8-18(22)21-15-10-12(19)4-7-16(15)24-2/h4-7,10-11,20H,8-9H2,1-3H3,(H,21,22). The van der Waals surface area contributed by atoms with E-state index < -0.39 is 0 Å². The van der Waals surface area contributed by atoms with Crippen molar-refractivity contribution in [2.24, 2.45) is 0 Å². The van der Waals surface area contributed by atoms with Crippen LogP contribution >= 0.6 is 11.6 Å². The van der Waals surface area contributed by atoms with E-state index >= 15 is 0 Å². The van der Waals surface area contributed by atoms with Gasteiger partial charge in [0.05, 0.1) is 32.7 Å². The first-order chi connectivity index (χ1) is 12.1. The van der Waals surface area contributed by atoms with Crippen LogP contribution in [0, 0.1) is 0 Å². The van der Waals surface area contributed by atoms with Crippen LogP contribution in [-0.2, 0) is 4.79 Å². The Morgan fingerprint density at radius 2 is 1.72 bits per heavy atom. The van der Waals surface area contributed by atoms with Crippen LogP contribution in [0.15, 0.2) is 36.4 Å². The van der Waals surface area contributed by atoms with Crippen molar-refractivity contribution in [2.75, 3.05) is 38.5 Å². The average Bonchev–Trinajstić information content (AvgIpc) is 2.62. The van der Waals surface area contributed by atoms with Gasteiger partial charge in [0.15, 0.2) is 0 Å². The molecule has 134 valence electrons. The van der Waals surface area contributed by atoms with Gasteiger partial charge in [0, 0.05) is 24.1 Å². The van der Waals surface area contributed by atoms with Crippen molar-refractivity contribution in [3.8, 4) is 17.2 Å². The lowest BCUT2D eigenvalue weighted by Gasteiger charge is -2.13. The molecular weight excluding hydrogens is 344 g/mol. The molecule has 0 fully saturated rings. The highest BCUT2D eigenvalue weighted by molar-refractivity contribution is 6.31. The van der Waals surface area contributed by atoms with E-state index in [2.05, 4.69) is 10.6 Å². The summed E-state index contributed by atoms with van der Waals surface area (Å²) in [4.78, 5) is 12.1. The van der Waals surface area contributed by atoms with Gasteiger partial charge in [-0.25, -0.2) is 0 Å². The zero-order valence-corrected chi connectivity index (χ0v) is 15.1. The Morgan fingerprint density at radius 1 is 0.960 bits per heavy atom. The molecule has 0 atom stereocenters. The number of hydrogen-bond donors (Lipinski definition) is 2. The zero-order chi connectivity index (χ0) is 18.2. The zero-order valence-electron chi connectivity index (χ0n) is 14.4. The summed E-state index contributed by atoms with van der Waals surface area (Å²) in [5, 5.41) is 6.49. The first kappa shape index (κ1) is 18.7. The van der Waals surface area contributed by atoms with Crippen LogP contribution in [0.25, 0.3) is 0 Å². The summed E-state index contributed by atoms with van der Waals surface area (Å²) in [7, 11) is 4.71. The lowest BCUT2D eigenvalue weighted by molar-refractivity contribution is -0.116. The van der Waals surface area contributed by atoms with Crippen LogP contribution in [0.5, 0.6) is 17.2 Å². The van der Waals surface area contributed by atoms with E-state index in [0.29, 0.717) is 34.5 Å². The Morgan fingerprint density at radius 3 is 2.40 bits per heavy atom. The van der Waals surface area contributed by atoms with E-state index in [1.807, 2.05) is 12.1 Å². The molecule has 2 N–H and O–H groups in total. The molecule has 0 spiro atoms. The average molecular weight is 365 g/mol. The Kier molecular flexibility index (Phi) is 6.77. The van der Waals surface area contributed by atoms with E-state index in [4.69, 9.17) is 25.8 Å². The predicted octanol–water partition coefficient (Wildman–Crippen LogP) is 3.81. The molecule has 2 aromatic carbocycles. The number of amides is 1. The molecule has 6 nitrogen and oxygen atoms in total. The lowest BCUT2D eigenvalue weighted by atomic mass is 10.2. The number of methoxy groups -OCH3 is 3. The number of rotatable bonds is 8. The minimum absolute atomic E-state index is 0.152. The summed E-state index contributed by atoms with van der Waals surface area (Å²) < 4.78 is 15.7. The smallest absolute Gasteiger partial charge is 0.226 e. The molecule has 0 heterocycles. The summed E-state index contributed by atoms with van der Waals surface area (Å²) in [5.41, 5.74) is 1.33. The Hall–Kier alpha value is -2.60. The molecule has 0 aliphatic carbocycles. The van der Waals surface area contributed by atoms with Gasteiger partial charge in [0.2, 0.25) is 5.91 Å². The molecule has 0 saturated heterocycles. The molecule has 0 unspecified atom stereocenters. The second-order valence-electron chi connectivity index (χ2n) is 5.14. The minimum atomic E-state index is -0.152. The number of carbonyl (C=O) groups excluding carboxylic acids is 1. The third-order valence-corrected chi connectivity index (χ3v) is 3.75. The number of nitrogens with one attached hydrogen (secondary N) is 2. The number of halogens is 1. The molecule has 0 aliphatic rings. The first-order valence-corrected chi connectivity index (χ1v) is 8.04. The summed E-state index contributed by atoms with van der Waals surface area (Å²) >= 11 is 5.96. The molecule has 25 heavy (non-hydrogen) atoms. The van der Waals surface area contributed by atoms with Crippen molar-refractivity contribution >= 4 is 28.9 Å². The van der Waals surface area contributed by atoms with E-state index in [-0.39, 0.29) is 12.3 Å². The summed E-state index contributed by atoms with van der Waals surface area (Å²) in [6, 6.07) is 10.5. The van der Waals surface area contributed by atoms with Crippen LogP contribution in [0.3, 0.4) is 0 Å². The number of ether oxygens (including phenoxy) is 3. The molecule has 0 bridgehead atoms. The fourth-order valence-corrected chi connectivity index (χ4v) is 2.42.